The molecule has 0 heterocycles. The van der Waals surface area contributed by atoms with Crippen molar-refractivity contribution < 1.29 is 44.4 Å². The van der Waals surface area contributed by atoms with Gasteiger partial charge in [-0.25, -0.2) is 4.79 Å². The Morgan fingerprint density at radius 2 is 1.07 bits per heavy atom. The van der Waals surface area contributed by atoms with Crippen molar-refractivity contribution in [3.8, 4) is 0 Å². The quantitative estimate of drug-likeness (QED) is 0.0342. The van der Waals surface area contributed by atoms with Crippen LogP contribution in [0.3, 0.4) is 0 Å². The molecule has 0 aliphatic carbocycles. The smallest absolute Gasteiger partial charge is 0.326 e. The third kappa shape index (κ3) is 15.5. The van der Waals surface area contributed by atoms with Crippen molar-refractivity contribution in [3.05, 3.63) is 0 Å². The molecule has 246 valence electrons. The van der Waals surface area contributed by atoms with E-state index in [-0.39, 0.29) is 50.7 Å². The van der Waals surface area contributed by atoms with Gasteiger partial charge < -0.3 is 70.4 Å². The lowest BCUT2D eigenvalue weighted by molar-refractivity contribution is -0.143. The average molecular weight is 620 g/mol. The van der Waals surface area contributed by atoms with Crippen molar-refractivity contribution >= 4 is 41.5 Å². The normalized spacial score (nSPS) is 15.7. The number of amides is 4. The average Bonchev–Trinajstić information content (AvgIpc) is 2.91. The van der Waals surface area contributed by atoms with Crippen molar-refractivity contribution in [3.63, 3.8) is 0 Å². The van der Waals surface area contributed by atoms with Gasteiger partial charge >= 0.3 is 5.97 Å². The van der Waals surface area contributed by atoms with Gasteiger partial charge in [0.15, 0.2) is 11.9 Å². The number of aliphatic imine (C=N–C) groups is 2. The largest absolute Gasteiger partial charge is 0.480 e. The molecule has 0 aromatic carbocycles. The summed E-state index contributed by atoms with van der Waals surface area (Å²) in [4.78, 5) is 70.4. The number of aliphatic hydroxyl groups excluding tert-OH is 3. The first-order chi connectivity index (χ1) is 20.0. The summed E-state index contributed by atoms with van der Waals surface area (Å²) in [5.74, 6) is -5.76. The monoisotopic (exact) mass is 619 g/mol. The van der Waals surface area contributed by atoms with Crippen LogP contribution in [0.4, 0.5) is 0 Å². The number of nitrogens with zero attached hydrogens (tertiary/aromatic N) is 2. The first-order valence-corrected chi connectivity index (χ1v) is 13.3. The highest BCUT2D eigenvalue weighted by atomic mass is 16.4. The summed E-state index contributed by atoms with van der Waals surface area (Å²) in [6.07, 6.45) is -2.83. The lowest BCUT2D eigenvalue weighted by Crippen LogP contribution is -2.61. The van der Waals surface area contributed by atoms with Gasteiger partial charge in [-0.1, -0.05) is 0 Å². The Labute approximate surface area is 247 Å². The summed E-state index contributed by atoms with van der Waals surface area (Å²) in [5, 5.41) is 47.9. The molecule has 0 fully saturated rings. The molecule has 43 heavy (non-hydrogen) atoms. The number of rotatable bonds is 20. The summed E-state index contributed by atoms with van der Waals surface area (Å²) in [5.41, 5.74) is 26.5. The number of carboxylic acid groups (broad SMARTS) is 1. The number of aliphatic hydroxyl groups is 3. The van der Waals surface area contributed by atoms with Crippen LogP contribution in [0.1, 0.15) is 39.5 Å². The molecule has 0 spiro atoms. The number of guanidine groups is 2. The fraction of sp³-hybridized carbons (Fsp3) is 0.696. The second-order valence-electron chi connectivity index (χ2n) is 9.60. The molecule has 0 aromatic rings. The molecule has 0 unspecified atom stereocenters. The van der Waals surface area contributed by atoms with Crippen molar-refractivity contribution in [2.75, 3.05) is 19.7 Å². The zero-order valence-electron chi connectivity index (χ0n) is 24.1. The van der Waals surface area contributed by atoms with Crippen LogP contribution in [0.2, 0.25) is 0 Å². The minimum atomic E-state index is -1.65. The molecule has 0 aliphatic rings. The predicted octanol–water partition coefficient (Wildman–Crippen LogP) is -6.80. The molecule has 4 amide bonds. The van der Waals surface area contributed by atoms with Gasteiger partial charge in [-0.3, -0.25) is 29.2 Å². The van der Waals surface area contributed by atoms with Crippen molar-refractivity contribution in [1.82, 2.24) is 21.3 Å². The standard InChI is InChI=1S/C23H45N11O9/c1-10(36)15(33-17(38)12(24)9-35)19(40)31-13(5-3-7-29-22(25)26)18(39)34-16(11(2)37)20(41)32-14(21(42)43)6-4-8-30-23(27)28/h10-16,35-37H,3-9,24H2,1-2H3,(H,31,40)(H,32,41)(H,33,38)(H,34,39)(H,42,43)(H4,25,26,29)(H4,27,28,30)/t10-,11-,12+,13+,14+,15+,16+/m1/s1. The topological polar surface area (TPSA) is 369 Å². The Morgan fingerprint density at radius 3 is 1.44 bits per heavy atom. The van der Waals surface area contributed by atoms with Crippen LogP contribution in [0, 0.1) is 0 Å². The van der Waals surface area contributed by atoms with Crippen LogP contribution < -0.4 is 49.9 Å². The number of nitrogens with two attached hydrogens (primary N) is 5. The maximum atomic E-state index is 13.2. The van der Waals surface area contributed by atoms with Gasteiger partial charge in [0.25, 0.3) is 0 Å². The van der Waals surface area contributed by atoms with E-state index in [2.05, 4.69) is 31.3 Å². The van der Waals surface area contributed by atoms with Crippen LogP contribution in [-0.2, 0) is 24.0 Å². The third-order valence-corrected chi connectivity index (χ3v) is 5.80. The number of hydrogen-bond donors (Lipinski definition) is 13. The summed E-state index contributed by atoms with van der Waals surface area (Å²) >= 11 is 0. The molecule has 20 heteroatoms. The van der Waals surface area contributed by atoms with E-state index in [1.165, 1.54) is 13.8 Å². The van der Waals surface area contributed by atoms with E-state index in [4.69, 9.17) is 33.8 Å². The molecule has 18 N–H and O–H groups in total. The number of nitrogens with one attached hydrogen (secondary N) is 4. The lowest BCUT2D eigenvalue weighted by Gasteiger charge is -2.28. The van der Waals surface area contributed by atoms with Gasteiger partial charge in [-0.15, -0.1) is 0 Å². The van der Waals surface area contributed by atoms with Gasteiger partial charge in [0.1, 0.15) is 30.2 Å². The fourth-order valence-electron chi connectivity index (χ4n) is 3.46. The van der Waals surface area contributed by atoms with Gasteiger partial charge in [-0.05, 0) is 39.5 Å². The number of carbonyl (C=O) groups excluding carboxylic acids is 4. The molecule has 0 bridgehead atoms. The molecule has 7 atom stereocenters. The second-order valence-corrected chi connectivity index (χ2v) is 9.60. The number of carbonyl (C=O) groups is 5. The molecule has 20 nitrogen and oxygen atoms in total. The van der Waals surface area contributed by atoms with Gasteiger partial charge in [0, 0.05) is 13.1 Å². The Kier molecular flexibility index (Phi) is 17.8. The van der Waals surface area contributed by atoms with Crippen molar-refractivity contribution in [2.45, 2.75) is 81.9 Å². The molecule has 0 saturated heterocycles. The second kappa shape index (κ2) is 19.8. The summed E-state index contributed by atoms with van der Waals surface area (Å²) in [6, 6.07) is -7.45. The zero-order chi connectivity index (χ0) is 33.3. The zero-order valence-corrected chi connectivity index (χ0v) is 24.1. The molecular weight excluding hydrogens is 574 g/mol. The maximum Gasteiger partial charge on any atom is 0.326 e. The Morgan fingerprint density at radius 1 is 0.674 bits per heavy atom. The first-order valence-electron chi connectivity index (χ1n) is 13.3. The highest BCUT2D eigenvalue weighted by Crippen LogP contribution is 2.06. The summed E-state index contributed by atoms with van der Waals surface area (Å²) in [6.45, 7) is 1.77. The van der Waals surface area contributed by atoms with Gasteiger partial charge in [0.05, 0.1) is 18.8 Å². The van der Waals surface area contributed by atoms with Crippen molar-refractivity contribution in [1.29, 1.82) is 0 Å². The number of carboxylic acids is 1. The van der Waals surface area contributed by atoms with Crippen LogP contribution in [-0.4, -0.2) is 124 Å². The van der Waals surface area contributed by atoms with Crippen LogP contribution in [0.15, 0.2) is 9.98 Å². The Balaban J connectivity index is 5.83. The van der Waals surface area contributed by atoms with Crippen LogP contribution in [0.25, 0.3) is 0 Å². The lowest BCUT2D eigenvalue weighted by atomic mass is 10.1. The fourth-order valence-corrected chi connectivity index (χ4v) is 3.46. The SMILES string of the molecule is C[C@@H](O)[C@H](NC(=O)[C@H](CCCN=C(N)N)NC(=O)[C@@H](NC(=O)[C@@H](N)CO)[C@@H](C)O)C(=O)N[C@@H](CCCN=C(N)N)C(=O)O. The molecule has 0 aliphatic heterocycles. The first kappa shape index (κ1) is 38.7. The minimum Gasteiger partial charge on any atom is -0.480 e. The molecular formula is C23H45N11O9. The van der Waals surface area contributed by atoms with Gasteiger partial charge in [0.2, 0.25) is 23.6 Å². The van der Waals surface area contributed by atoms with E-state index < -0.39 is 78.6 Å². The minimum absolute atomic E-state index is 0.0460. The van der Waals surface area contributed by atoms with E-state index in [9.17, 15) is 39.3 Å². The van der Waals surface area contributed by atoms with E-state index in [0.717, 1.165) is 0 Å². The van der Waals surface area contributed by atoms with Crippen molar-refractivity contribution in [2.24, 2.45) is 38.7 Å². The van der Waals surface area contributed by atoms with E-state index >= 15 is 0 Å². The van der Waals surface area contributed by atoms with E-state index in [1.807, 2.05) is 0 Å². The molecule has 0 radical (unpaired) electrons. The van der Waals surface area contributed by atoms with E-state index in [1.54, 1.807) is 0 Å². The molecule has 0 aromatic heterocycles. The summed E-state index contributed by atoms with van der Waals surface area (Å²) in [7, 11) is 0. The molecule has 0 saturated carbocycles. The third-order valence-electron chi connectivity index (χ3n) is 5.80. The highest BCUT2D eigenvalue weighted by molar-refractivity contribution is 5.95. The van der Waals surface area contributed by atoms with Crippen LogP contribution >= 0.6 is 0 Å². The highest BCUT2D eigenvalue weighted by Gasteiger charge is 2.34. The molecule has 0 rings (SSSR count). The summed E-state index contributed by atoms with van der Waals surface area (Å²) < 4.78 is 0. The maximum absolute atomic E-state index is 13.2. The number of aliphatic carboxylic acids is 1. The Bertz CT molecular complexity index is 999. The van der Waals surface area contributed by atoms with Gasteiger partial charge in [-0.2, -0.15) is 0 Å². The number of hydrogen-bond acceptors (Lipinski definition) is 11. The van der Waals surface area contributed by atoms with E-state index in [0.29, 0.717) is 0 Å². The Hall–Kier alpha value is -4.27. The predicted molar refractivity (Wildman–Crippen MR) is 154 cm³/mol. The van der Waals surface area contributed by atoms with Crippen LogP contribution in [0.5, 0.6) is 0 Å².